The molecule has 0 unspecified atom stereocenters. The molecule has 0 N–H and O–H groups in total. The van der Waals surface area contributed by atoms with Gasteiger partial charge in [0.1, 0.15) is 6.04 Å². The molecular weight excluding hydrogens is 450 g/mol. The summed E-state index contributed by atoms with van der Waals surface area (Å²) in [7, 11) is 1.69. The zero-order valence-electron chi connectivity index (χ0n) is 17.1. The van der Waals surface area contributed by atoms with Crippen LogP contribution in [0.3, 0.4) is 0 Å². The van der Waals surface area contributed by atoms with Crippen LogP contribution >= 0.6 is 27.7 Å². The molecule has 5 nitrogen and oxygen atoms in total. The molecule has 0 amide bonds. The summed E-state index contributed by atoms with van der Waals surface area (Å²) in [5, 5.41) is 1.12. The zero-order valence-corrected chi connectivity index (χ0v) is 19.5. The number of nitrogens with zero attached hydrogens (tertiary/aromatic N) is 3. The minimum atomic E-state index is -0.0403. The summed E-state index contributed by atoms with van der Waals surface area (Å²) in [5.74, 6) is 2.55. The van der Waals surface area contributed by atoms with Crippen LogP contribution in [0.2, 0.25) is 0 Å². The minimum Gasteiger partial charge on any atom is -0.493 e. The monoisotopic (exact) mass is 475 g/mol. The molecule has 0 spiro atoms. The van der Waals surface area contributed by atoms with Crippen molar-refractivity contribution in [2.45, 2.75) is 51.4 Å². The highest BCUT2D eigenvalue weighted by Crippen LogP contribution is 2.50. The van der Waals surface area contributed by atoms with Crippen molar-refractivity contribution < 1.29 is 9.47 Å². The van der Waals surface area contributed by atoms with E-state index in [4.69, 9.17) is 14.5 Å². The van der Waals surface area contributed by atoms with E-state index in [1.807, 2.05) is 43.9 Å². The number of fused-ring (bicyclic) bond motifs is 1. The smallest absolute Gasteiger partial charge is 0.175 e. The van der Waals surface area contributed by atoms with Gasteiger partial charge in [-0.3, -0.25) is 9.98 Å². The second-order valence-corrected chi connectivity index (χ2v) is 9.38. The maximum absolute atomic E-state index is 5.99. The number of ether oxygens (including phenoxy) is 2. The van der Waals surface area contributed by atoms with Crippen LogP contribution in [0.5, 0.6) is 11.5 Å². The minimum absolute atomic E-state index is 0.0403. The summed E-state index contributed by atoms with van der Waals surface area (Å²) in [6, 6.07) is 10.8. The van der Waals surface area contributed by atoms with Crippen LogP contribution in [0.4, 0.5) is 0 Å². The van der Waals surface area contributed by atoms with E-state index in [1.165, 1.54) is 0 Å². The predicted molar refractivity (Wildman–Crippen MR) is 122 cm³/mol. The van der Waals surface area contributed by atoms with Crippen molar-refractivity contribution in [2.24, 2.45) is 4.99 Å². The molecule has 2 aliphatic rings. The van der Waals surface area contributed by atoms with Gasteiger partial charge in [-0.05, 0) is 66.0 Å². The number of aliphatic imine (C=N–C) groups is 1. The van der Waals surface area contributed by atoms with Crippen LogP contribution in [0, 0.1) is 0 Å². The molecule has 0 saturated carbocycles. The van der Waals surface area contributed by atoms with Crippen molar-refractivity contribution in [3.63, 3.8) is 0 Å². The molecule has 2 aromatic rings. The van der Waals surface area contributed by atoms with Gasteiger partial charge in [0.05, 0.1) is 29.4 Å². The lowest BCUT2D eigenvalue weighted by molar-refractivity contribution is 0.226. The lowest BCUT2D eigenvalue weighted by Crippen LogP contribution is -2.35. The van der Waals surface area contributed by atoms with Crippen molar-refractivity contribution in [1.29, 1.82) is 0 Å². The van der Waals surface area contributed by atoms with Gasteiger partial charge in [-0.2, -0.15) is 0 Å². The van der Waals surface area contributed by atoms with E-state index in [9.17, 15) is 0 Å². The van der Waals surface area contributed by atoms with E-state index >= 15 is 0 Å². The Balaban J connectivity index is 1.80. The van der Waals surface area contributed by atoms with E-state index < -0.39 is 0 Å². The summed E-state index contributed by atoms with van der Waals surface area (Å²) < 4.78 is 12.6. The molecule has 1 fully saturated rings. The lowest BCUT2D eigenvalue weighted by atomic mass is 9.95. The number of methoxy groups -OCH3 is 1. The van der Waals surface area contributed by atoms with Gasteiger partial charge in [-0.25, -0.2) is 0 Å². The number of rotatable bonds is 6. The topological polar surface area (TPSA) is 47.0 Å². The molecule has 0 bridgehead atoms. The largest absolute Gasteiger partial charge is 0.493 e. The summed E-state index contributed by atoms with van der Waals surface area (Å²) in [4.78, 5) is 12.2. The highest BCUT2D eigenvalue weighted by molar-refractivity contribution is 9.10. The average Bonchev–Trinajstić information content (AvgIpc) is 3.28. The zero-order chi connectivity index (χ0) is 20.5. The van der Waals surface area contributed by atoms with E-state index in [0.29, 0.717) is 6.04 Å². The number of pyridine rings is 1. The molecule has 29 heavy (non-hydrogen) atoms. The SMILES string of the molecule is CC[C@@H]1CSC2=N[C@H](c3ccccn3)[C@H](c3cc(Br)c(OC(C)C)c(OC)c3)N21. The molecule has 2 aliphatic heterocycles. The van der Waals surface area contributed by atoms with Crippen molar-refractivity contribution in [3.8, 4) is 11.5 Å². The first-order valence-electron chi connectivity index (χ1n) is 9.97. The van der Waals surface area contributed by atoms with Crippen LogP contribution in [0.15, 0.2) is 46.0 Å². The molecular formula is C22H26BrN3O2S. The molecule has 7 heteroatoms. The molecule has 1 aromatic heterocycles. The molecule has 3 atom stereocenters. The van der Waals surface area contributed by atoms with Crippen LogP contribution in [-0.2, 0) is 0 Å². The van der Waals surface area contributed by atoms with Gasteiger partial charge >= 0.3 is 0 Å². The first kappa shape index (κ1) is 20.5. The maximum atomic E-state index is 5.99. The van der Waals surface area contributed by atoms with E-state index in [2.05, 4.69) is 50.9 Å². The predicted octanol–water partition coefficient (Wildman–Crippen LogP) is 5.62. The molecule has 0 radical (unpaired) electrons. The van der Waals surface area contributed by atoms with Gasteiger partial charge in [-0.1, -0.05) is 24.8 Å². The summed E-state index contributed by atoms with van der Waals surface area (Å²) in [6.07, 6.45) is 2.99. The highest BCUT2D eigenvalue weighted by Gasteiger charge is 2.45. The molecule has 3 heterocycles. The normalized spacial score (nSPS) is 23.3. The number of benzene rings is 1. The Morgan fingerprint density at radius 3 is 2.79 bits per heavy atom. The Bertz CT molecular complexity index is 906. The van der Waals surface area contributed by atoms with Crippen molar-refractivity contribution in [3.05, 3.63) is 52.3 Å². The standard InChI is InChI=1S/C22H26BrN3O2S/c1-5-15-12-29-22-25-19(17-8-6-7-9-24-17)20(26(15)22)14-10-16(23)21(28-13(2)3)18(11-14)27-4/h6-11,13,15,19-20H,5,12H2,1-4H3/t15-,19-,20+/m1/s1. The number of hydrogen-bond acceptors (Lipinski definition) is 6. The molecule has 0 aliphatic carbocycles. The van der Waals surface area contributed by atoms with E-state index in [0.717, 1.165) is 44.6 Å². The second kappa shape index (κ2) is 8.56. The van der Waals surface area contributed by atoms with E-state index in [1.54, 1.807) is 7.11 Å². The maximum Gasteiger partial charge on any atom is 0.175 e. The first-order valence-corrected chi connectivity index (χ1v) is 11.7. The third-order valence-corrected chi connectivity index (χ3v) is 6.99. The van der Waals surface area contributed by atoms with Gasteiger partial charge < -0.3 is 14.4 Å². The number of halogens is 1. The molecule has 1 saturated heterocycles. The number of thioether (sulfide) groups is 1. The fourth-order valence-corrected chi connectivity index (χ4v) is 5.86. The Morgan fingerprint density at radius 1 is 1.31 bits per heavy atom. The molecule has 154 valence electrons. The number of aromatic nitrogens is 1. The van der Waals surface area contributed by atoms with Gasteiger partial charge in [-0.15, -0.1) is 0 Å². The van der Waals surface area contributed by atoms with Gasteiger partial charge in [0.15, 0.2) is 16.7 Å². The summed E-state index contributed by atoms with van der Waals surface area (Å²) >= 11 is 5.56. The Hall–Kier alpha value is -1.73. The summed E-state index contributed by atoms with van der Waals surface area (Å²) in [5.41, 5.74) is 2.15. The fourth-order valence-electron chi connectivity index (χ4n) is 3.97. The van der Waals surface area contributed by atoms with Crippen LogP contribution in [0.25, 0.3) is 0 Å². The van der Waals surface area contributed by atoms with E-state index in [-0.39, 0.29) is 18.2 Å². The summed E-state index contributed by atoms with van der Waals surface area (Å²) in [6.45, 7) is 6.28. The van der Waals surface area contributed by atoms with Gasteiger partial charge in [0, 0.05) is 18.0 Å². The quantitative estimate of drug-likeness (QED) is 0.542. The number of amidine groups is 1. The Kier molecular flexibility index (Phi) is 6.06. The fraction of sp³-hybridized carbons (Fsp3) is 0.455. The Labute approximate surface area is 185 Å². The van der Waals surface area contributed by atoms with Crippen LogP contribution < -0.4 is 9.47 Å². The number of hydrogen-bond donors (Lipinski definition) is 0. The van der Waals surface area contributed by atoms with Crippen molar-refractivity contribution >= 4 is 32.9 Å². The highest BCUT2D eigenvalue weighted by atomic mass is 79.9. The Morgan fingerprint density at radius 2 is 2.14 bits per heavy atom. The van der Waals surface area contributed by atoms with Gasteiger partial charge in [0.2, 0.25) is 0 Å². The second-order valence-electron chi connectivity index (χ2n) is 7.54. The average molecular weight is 476 g/mol. The van der Waals surface area contributed by atoms with Crippen LogP contribution in [-0.4, -0.2) is 40.1 Å². The third kappa shape index (κ3) is 3.87. The van der Waals surface area contributed by atoms with Crippen LogP contribution in [0.1, 0.15) is 50.5 Å². The third-order valence-electron chi connectivity index (χ3n) is 5.28. The first-order chi connectivity index (χ1) is 14.0. The lowest BCUT2D eigenvalue weighted by Gasteiger charge is -2.32. The molecule has 4 rings (SSSR count). The van der Waals surface area contributed by atoms with Crippen molar-refractivity contribution in [2.75, 3.05) is 12.9 Å². The van der Waals surface area contributed by atoms with Crippen molar-refractivity contribution in [1.82, 2.24) is 9.88 Å². The molecule has 1 aromatic carbocycles. The van der Waals surface area contributed by atoms with Gasteiger partial charge in [0.25, 0.3) is 0 Å².